The summed E-state index contributed by atoms with van der Waals surface area (Å²) in [5, 5.41) is 2.92. The molecule has 2 heterocycles. The van der Waals surface area contributed by atoms with E-state index in [0.29, 0.717) is 6.42 Å². The maximum Gasteiger partial charge on any atom is 0.397 e. The van der Waals surface area contributed by atoms with Crippen molar-refractivity contribution in [3.63, 3.8) is 0 Å². The number of carbonyl (C=O) groups is 1. The quantitative estimate of drug-likeness (QED) is 0.0325. The summed E-state index contributed by atoms with van der Waals surface area (Å²) >= 11 is 0. The molecule has 10 atom stereocenters. The van der Waals surface area contributed by atoms with Gasteiger partial charge in [-0.25, -0.2) is 8.37 Å². The zero-order valence-corrected chi connectivity index (χ0v) is 47.0. The second kappa shape index (κ2) is 32.4. The van der Waals surface area contributed by atoms with Crippen molar-refractivity contribution in [2.75, 3.05) is 19.8 Å². The third-order valence-corrected chi connectivity index (χ3v) is 12.5. The molecule has 4 aromatic carbocycles. The number of benzene rings is 4. The largest absolute Gasteiger partial charge is 0.397 e. The normalized spacial score (nSPS) is 24.4. The molecule has 2 fully saturated rings. The number of unbranched alkanes of at least 4 members (excludes halogenated alkanes) is 5. The molecule has 6 rings (SSSR count). The number of nitrogens with one attached hydrogen (secondary N) is 1. The minimum Gasteiger partial charge on any atom is -0.368 e. The van der Waals surface area contributed by atoms with Gasteiger partial charge in [0.2, 0.25) is 5.91 Å². The first-order chi connectivity index (χ1) is 33.8. The summed E-state index contributed by atoms with van der Waals surface area (Å²) in [4.78, 5) is 13.3. The number of carbonyl (C=O) groups excluding carboxylic acids is 1. The minimum absolute atomic E-state index is 0. The van der Waals surface area contributed by atoms with Crippen molar-refractivity contribution in [3.05, 3.63) is 144 Å². The fourth-order valence-electron chi connectivity index (χ4n) is 8.23. The molecule has 2 aliphatic rings. The van der Waals surface area contributed by atoms with Crippen LogP contribution >= 0.6 is 0 Å². The molecular weight excluding hydrogens is 997 g/mol. The van der Waals surface area contributed by atoms with Gasteiger partial charge in [0.25, 0.3) is 0 Å². The Bertz CT molecular complexity index is 2350. The Labute approximate surface area is 467 Å². The van der Waals surface area contributed by atoms with E-state index in [2.05, 4.69) is 12.2 Å². The van der Waals surface area contributed by atoms with Gasteiger partial charge in [0.1, 0.15) is 48.8 Å². The van der Waals surface area contributed by atoms with Crippen LogP contribution in [0, 0.1) is 0 Å². The van der Waals surface area contributed by atoms with E-state index in [-0.39, 0.29) is 92.1 Å². The standard InChI is InChI=1S/C50H65NO17S2.2Na/c1-3-4-5-6-7-20-29-59-50-48(63-33-40-27-18-11-19-28-40)47(45(42(67-50)35-65-70(56,57)58)61-31-38-23-14-9-15-24-38)68-49-43(51-36(2)52)46(62-32-39-25-16-10-17-26-39)44(41(66-49)34-64-69(53,54)55)60-30-37-21-12-8-13-22-37;;/h8-19,21-28,41-50H,3-7,20,29-35H2,1-2H3,(H,51,52)(H,53,54,55)(H,56,57,58);;/t41-,42-,43-,44-,45+,46-,47+,48-,49+,50-;;/m1../s1. The zero-order chi connectivity index (χ0) is 49.8. The molecule has 2 aliphatic heterocycles. The van der Waals surface area contributed by atoms with E-state index in [9.17, 15) is 30.7 Å². The summed E-state index contributed by atoms with van der Waals surface area (Å²) in [6.45, 7) is 2.00. The first-order valence-electron chi connectivity index (χ1n) is 23.5. The number of hydrogen-bond acceptors (Lipinski definition) is 15. The van der Waals surface area contributed by atoms with Crippen molar-refractivity contribution in [2.45, 2.75) is 140 Å². The summed E-state index contributed by atoms with van der Waals surface area (Å²) < 4.78 is 131. The molecule has 1 amide bonds. The van der Waals surface area contributed by atoms with Gasteiger partial charge >= 0.3 is 20.8 Å². The van der Waals surface area contributed by atoms with Crippen molar-refractivity contribution < 1.29 is 77.0 Å². The molecule has 0 unspecified atom stereocenters. The third-order valence-electron chi connectivity index (χ3n) is 11.6. The van der Waals surface area contributed by atoms with Crippen molar-refractivity contribution in [2.24, 2.45) is 0 Å². The van der Waals surface area contributed by atoms with E-state index in [1.165, 1.54) is 6.92 Å². The number of rotatable bonds is 29. The van der Waals surface area contributed by atoms with Crippen LogP contribution in [0.1, 0.15) is 74.6 Å². The Morgan fingerprint density at radius 3 is 1.31 bits per heavy atom. The van der Waals surface area contributed by atoms with Crippen LogP contribution in [0.25, 0.3) is 0 Å². The monoisotopic (exact) mass is 1060 g/mol. The van der Waals surface area contributed by atoms with Gasteiger partial charge < -0.3 is 43.2 Å². The van der Waals surface area contributed by atoms with Crippen molar-refractivity contribution >= 4 is 85.8 Å². The van der Waals surface area contributed by atoms with Gasteiger partial charge in [-0.2, -0.15) is 16.8 Å². The fourth-order valence-corrected chi connectivity index (χ4v) is 8.84. The molecular formula is C50H65NNa2O17S2. The topological polar surface area (TPSA) is 230 Å². The predicted octanol–water partition coefficient (Wildman–Crippen LogP) is 5.92. The van der Waals surface area contributed by atoms with Gasteiger partial charge in [-0.15, -0.1) is 0 Å². The number of ether oxygens (including phenoxy) is 8. The van der Waals surface area contributed by atoms with Gasteiger partial charge in [-0.05, 0) is 28.7 Å². The molecule has 386 valence electrons. The van der Waals surface area contributed by atoms with Crippen molar-refractivity contribution in [1.82, 2.24) is 5.32 Å². The number of hydrogen-bond donors (Lipinski definition) is 3. The predicted molar refractivity (Wildman–Crippen MR) is 266 cm³/mol. The summed E-state index contributed by atoms with van der Waals surface area (Å²) in [6, 6.07) is 35.5. The maximum absolute atomic E-state index is 13.3. The molecule has 0 bridgehead atoms. The fraction of sp³-hybridized carbons (Fsp3) is 0.500. The first-order valence-corrected chi connectivity index (χ1v) is 26.2. The Kier molecular flexibility index (Phi) is 28.0. The molecule has 4 aromatic rings. The Morgan fingerprint density at radius 1 is 0.514 bits per heavy atom. The zero-order valence-electron chi connectivity index (χ0n) is 41.3. The molecule has 22 heteroatoms. The molecule has 0 spiro atoms. The van der Waals surface area contributed by atoms with Gasteiger partial charge in [0.15, 0.2) is 12.6 Å². The molecule has 2 saturated heterocycles. The van der Waals surface area contributed by atoms with E-state index in [1.807, 2.05) is 121 Å². The average molecular weight is 1060 g/mol. The molecule has 0 aromatic heterocycles. The Morgan fingerprint density at radius 2 is 0.889 bits per heavy atom. The third kappa shape index (κ3) is 21.4. The van der Waals surface area contributed by atoms with E-state index in [4.69, 9.17) is 46.3 Å². The van der Waals surface area contributed by atoms with Crippen molar-refractivity contribution in [1.29, 1.82) is 0 Å². The summed E-state index contributed by atoms with van der Waals surface area (Å²) in [6.07, 6.45) is -5.98. The first kappa shape index (κ1) is 62.3. The van der Waals surface area contributed by atoms with E-state index in [1.54, 1.807) is 0 Å². The van der Waals surface area contributed by atoms with Gasteiger partial charge in [-0.3, -0.25) is 13.9 Å². The molecule has 0 saturated carbocycles. The summed E-state index contributed by atoms with van der Waals surface area (Å²) in [5.41, 5.74) is 2.99. The van der Waals surface area contributed by atoms with Gasteiger partial charge in [0, 0.05) is 72.6 Å². The molecule has 18 nitrogen and oxygen atoms in total. The van der Waals surface area contributed by atoms with Crippen LogP contribution in [0.3, 0.4) is 0 Å². The van der Waals surface area contributed by atoms with Crippen LogP contribution in [0.5, 0.6) is 0 Å². The van der Waals surface area contributed by atoms with Crippen LogP contribution in [-0.4, -0.2) is 172 Å². The minimum atomic E-state index is -5.04. The second-order valence-electron chi connectivity index (χ2n) is 17.0. The van der Waals surface area contributed by atoms with Crippen LogP contribution in [0.15, 0.2) is 121 Å². The van der Waals surface area contributed by atoms with Crippen LogP contribution in [0.4, 0.5) is 0 Å². The number of amides is 1. The Balaban J connectivity index is 0.00000562. The summed E-state index contributed by atoms with van der Waals surface area (Å²) in [7, 11) is -10.1. The molecule has 72 heavy (non-hydrogen) atoms. The van der Waals surface area contributed by atoms with Crippen LogP contribution in [-0.2, 0) is 98.3 Å². The maximum atomic E-state index is 13.3. The van der Waals surface area contributed by atoms with E-state index >= 15 is 0 Å². The SMILES string of the molecule is CCCCCCCCO[C@@H]1O[C@H](COS(=O)(=O)O)[C@H](OCc2ccccc2)[C@H](O[C@@H]2O[C@H](COS(=O)(=O)O)[C@@H](OCc3ccccc3)[C@H](OCc3ccccc3)[C@H]2NC(C)=O)[C@H]1OCc1ccccc1.[Na].[Na]. The average Bonchev–Trinajstić information content (AvgIpc) is 3.34. The van der Waals surface area contributed by atoms with Gasteiger partial charge in [-0.1, -0.05) is 160 Å². The van der Waals surface area contributed by atoms with E-state index in [0.717, 1.165) is 54.4 Å². The smallest absolute Gasteiger partial charge is 0.368 e. The second-order valence-corrected chi connectivity index (χ2v) is 19.2. The van der Waals surface area contributed by atoms with Crippen molar-refractivity contribution in [3.8, 4) is 0 Å². The molecule has 2 radical (unpaired) electrons. The molecule has 0 aliphatic carbocycles. The van der Waals surface area contributed by atoms with Crippen LogP contribution in [0.2, 0.25) is 0 Å². The van der Waals surface area contributed by atoms with Crippen LogP contribution < -0.4 is 5.32 Å². The molecule has 3 N–H and O–H groups in total. The van der Waals surface area contributed by atoms with Gasteiger partial charge in [0.05, 0.1) is 39.6 Å². The Hall–Kier alpha value is -2.23. The van der Waals surface area contributed by atoms with E-state index < -0.39 is 101 Å². The summed E-state index contributed by atoms with van der Waals surface area (Å²) in [5.74, 6) is -0.523.